The fourth-order valence-electron chi connectivity index (χ4n) is 3.14. The van der Waals surface area contributed by atoms with Crippen LogP contribution in [0.25, 0.3) is 6.08 Å². The largest absolute Gasteiger partial charge is 0.487 e. The van der Waals surface area contributed by atoms with E-state index in [1.54, 1.807) is 43.5 Å². The molecule has 182 valence electrons. The Morgan fingerprint density at radius 3 is 2.40 bits per heavy atom. The van der Waals surface area contributed by atoms with E-state index in [0.29, 0.717) is 12.4 Å². The SMILES string of the molecule is CCN(CC(=O)Nc1ccccc1C(F)(F)F)C(=O)/C=C/c1ccc(OCc2ccccn2)cc1. The summed E-state index contributed by atoms with van der Waals surface area (Å²) >= 11 is 0. The number of ether oxygens (including phenoxy) is 1. The number of carbonyl (C=O) groups excluding carboxylic acids is 2. The van der Waals surface area contributed by atoms with Gasteiger partial charge in [-0.3, -0.25) is 14.6 Å². The van der Waals surface area contributed by atoms with Crippen LogP contribution in [0.5, 0.6) is 5.75 Å². The zero-order valence-corrected chi connectivity index (χ0v) is 19.0. The monoisotopic (exact) mass is 483 g/mol. The minimum Gasteiger partial charge on any atom is -0.487 e. The molecule has 0 aliphatic rings. The van der Waals surface area contributed by atoms with E-state index in [0.717, 1.165) is 17.3 Å². The quantitative estimate of drug-likeness (QED) is 0.426. The van der Waals surface area contributed by atoms with E-state index in [1.165, 1.54) is 29.2 Å². The third-order valence-corrected chi connectivity index (χ3v) is 4.95. The van der Waals surface area contributed by atoms with Gasteiger partial charge < -0.3 is 15.0 Å². The van der Waals surface area contributed by atoms with E-state index in [2.05, 4.69) is 10.3 Å². The number of aromatic nitrogens is 1. The highest BCUT2D eigenvalue weighted by atomic mass is 19.4. The van der Waals surface area contributed by atoms with Gasteiger partial charge in [-0.2, -0.15) is 13.2 Å². The number of halogens is 3. The average molecular weight is 483 g/mol. The molecule has 0 atom stereocenters. The van der Waals surface area contributed by atoms with Crippen LogP contribution < -0.4 is 10.1 Å². The number of amides is 2. The lowest BCUT2D eigenvalue weighted by atomic mass is 10.1. The molecule has 1 heterocycles. The number of pyridine rings is 1. The predicted octanol–water partition coefficient (Wildman–Crippen LogP) is 5.18. The summed E-state index contributed by atoms with van der Waals surface area (Å²) in [5, 5.41) is 2.25. The molecule has 0 radical (unpaired) electrons. The summed E-state index contributed by atoms with van der Waals surface area (Å²) < 4.78 is 45.1. The molecule has 1 aromatic heterocycles. The van der Waals surface area contributed by atoms with Crippen LogP contribution in [0.4, 0.5) is 18.9 Å². The summed E-state index contributed by atoms with van der Waals surface area (Å²) in [7, 11) is 0. The summed E-state index contributed by atoms with van der Waals surface area (Å²) in [6, 6.07) is 17.3. The summed E-state index contributed by atoms with van der Waals surface area (Å²) in [5.41, 5.74) is 0.236. The van der Waals surface area contributed by atoms with Crippen molar-refractivity contribution >= 4 is 23.6 Å². The second kappa shape index (κ2) is 11.8. The molecule has 0 unspecified atom stereocenters. The molecule has 0 saturated heterocycles. The van der Waals surface area contributed by atoms with E-state index >= 15 is 0 Å². The Labute approximate surface area is 201 Å². The molecule has 6 nitrogen and oxygen atoms in total. The third kappa shape index (κ3) is 7.70. The number of anilines is 1. The number of nitrogens with zero attached hydrogens (tertiary/aromatic N) is 2. The van der Waals surface area contributed by atoms with Crippen LogP contribution in [0.1, 0.15) is 23.7 Å². The lowest BCUT2D eigenvalue weighted by Crippen LogP contribution is -2.37. The number of benzene rings is 2. The van der Waals surface area contributed by atoms with E-state index in [1.807, 2.05) is 18.2 Å². The molecule has 3 rings (SSSR count). The molecular formula is C26H24F3N3O3. The van der Waals surface area contributed by atoms with Crippen LogP contribution in [0.2, 0.25) is 0 Å². The Balaban J connectivity index is 1.55. The molecule has 9 heteroatoms. The first kappa shape index (κ1) is 25.5. The zero-order valence-electron chi connectivity index (χ0n) is 19.0. The lowest BCUT2D eigenvalue weighted by molar-refractivity contribution is -0.137. The molecule has 0 bridgehead atoms. The number of hydrogen-bond donors (Lipinski definition) is 1. The number of rotatable bonds is 9. The Kier molecular flexibility index (Phi) is 8.61. The molecule has 0 fully saturated rings. The van der Waals surface area contributed by atoms with Gasteiger partial charge in [0.05, 0.1) is 16.9 Å². The van der Waals surface area contributed by atoms with Crippen molar-refractivity contribution in [1.29, 1.82) is 0 Å². The third-order valence-electron chi connectivity index (χ3n) is 4.95. The van der Waals surface area contributed by atoms with Crippen molar-refractivity contribution in [3.63, 3.8) is 0 Å². The van der Waals surface area contributed by atoms with Gasteiger partial charge in [-0.1, -0.05) is 30.3 Å². The smallest absolute Gasteiger partial charge is 0.418 e. The number of nitrogens with one attached hydrogen (secondary N) is 1. The number of carbonyl (C=O) groups is 2. The van der Waals surface area contributed by atoms with E-state index in [-0.39, 0.29) is 18.8 Å². The summed E-state index contributed by atoms with van der Waals surface area (Å²) in [4.78, 5) is 30.3. The van der Waals surface area contributed by atoms with Crippen molar-refractivity contribution in [2.24, 2.45) is 0 Å². The van der Waals surface area contributed by atoms with Gasteiger partial charge in [0.1, 0.15) is 18.9 Å². The highest BCUT2D eigenvalue weighted by Gasteiger charge is 2.33. The van der Waals surface area contributed by atoms with Crippen molar-refractivity contribution in [1.82, 2.24) is 9.88 Å². The predicted molar refractivity (Wildman–Crippen MR) is 126 cm³/mol. The van der Waals surface area contributed by atoms with E-state index in [9.17, 15) is 22.8 Å². The minimum absolute atomic E-state index is 0.206. The maximum Gasteiger partial charge on any atom is 0.418 e. The maximum absolute atomic E-state index is 13.1. The van der Waals surface area contributed by atoms with Crippen LogP contribution in [0.15, 0.2) is 79.0 Å². The molecule has 35 heavy (non-hydrogen) atoms. The highest BCUT2D eigenvalue weighted by molar-refractivity contribution is 5.98. The Morgan fingerprint density at radius 2 is 1.74 bits per heavy atom. The molecule has 1 N–H and O–H groups in total. The Bertz CT molecular complexity index is 1160. The molecular weight excluding hydrogens is 459 g/mol. The van der Waals surface area contributed by atoms with Crippen molar-refractivity contribution in [2.45, 2.75) is 19.7 Å². The van der Waals surface area contributed by atoms with E-state index < -0.39 is 23.6 Å². The standard InChI is InChI=1S/C26H24F3N3O3/c1-2-32(17-24(33)31-23-9-4-3-8-22(23)26(27,28)29)25(34)15-12-19-10-13-21(14-11-19)35-18-20-7-5-6-16-30-20/h3-16H,2,17-18H2,1H3,(H,31,33)/b15-12+. The topological polar surface area (TPSA) is 71.5 Å². The number of para-hydroxylation sites is 1. The fraction of sp³-hybridized carbons (Fsp3) is 0.192. The Morgan fingerprint density at radius 1 is 1.03 bits per heavy atom. The lowest BCUT2D eigenvalue weighted by Gasteiger charge is -2.19. The highest BCUT2D eigenvalue weighted by Crippen LogP contribution is 2.34. The van der Waals surface area contributed by atoms with Gasteiger partial charge in [0.25, 0.3) is 0 Å². The first-order valence-electron chi connectivity index (χ1n) is 10.8. The molecule has 2 amide bonds. The van der Waals surface area contributed by atoms with Crippen LogP contribution >= 0.6 is 0 Å². The van der Waals surface area contributed by atoms with E-state index in [4.69, 9.17) is 4.74 Å². The molecule has 3 aromatic rings. The van der Waals surface area contributed by atoms with Crippen molar-refractivity contribution in [2.75, 3.05) is 18.4 Å². The molecule has 2 aromatic carbocycles. The van der Waals surface area contributed by atoms with Crippen LogP contribution in [0.3, 0.4) is 0 Å². The normalized spacial score (nSPS) is 11.3. The Hall–Kier alpha value is -4.14. The van der Waals surface area contributed by atoms with Gasteiger partial charge >= 0.3 is 6.18 Å². The average Bonchev–Trinajstić information content (AvgIpc) is 2.85. The number of alkyl halides is 3. The van der Waals surface area contributed by atoms with Gasteiger partial charge in [-0.05, 0) is 55.0 Å². The van der Waals surface area contributed by atoms with Crippen LogP contribution in [-0.4, -0.2) is 34.8 Å². The first-order chi connectivity index (χ1) is 16.8. The van der Waals surface area contributed by atoms with Gasteiger partial charge in [0.2, 0.25) is 11.8 Å². The molecule has 0 saturated carbocycles. The number of hydrogen-bond acceptors (Lipinski definition) is 4. The molecule has 0 spiro atoms. The second-order valence-electron chi connectivity index (χ2n) is 7.46. The van der Waals surface area contributed by atoms with Crippen molar-refractivity contribution in [3.8, 4) is 5.75 Å². The van der Waals surface area contributed by atoms with Gasteiger partial charge in [0, 0.05) is 18.8 Å². The van der Waals surface area contributed by atoms with Crippen molar-refractivity contribution < 1.29 is 27.5 Å². The minimum atomic E-state index is -4.61. The second-order valence-corrected chi connectivity index (χ2v) is 7.46. The zero-order chi connectivity index (χ0) is 25.3. The van der Waals surface area contributed by atoms with Crippen LogP contribution in [-0.2, 0) is 22.4 Å². The molecule has 0 aliphatic carbocycles. The van der Waals surface area contributed by atoms with Gasteiger partial charge in [0.15, 0.2) is 0 Å². The molecule has 0 aliphatic heterocycles. The first-order valence-corrected chi connectivity index (χ1v) is 10.8. The summed E-state index contributed by atoms with van der Waals surface area (Å²) in [6.07, 6.45) is -0.0191. The maximum atomic E-state index is 13.1. The van der Waals surface area contributed by atoms with Crippen molar-refractivity contribution in [3.05, 3.63) is 95.8 Å². The summed E-state index contributed by atoms with van der Waals surface area (Å²) in [5.74, 6) is -0.521. The van der Waals surface area contributed by atoms with Gasteiger partial charge in [-0.25, -0.2) is 0 Å². The fourth-order valence-corrected chi connectivity index (χ4v) is 3.14. The van der Waals surface area contributed by atoms with Gasteiger partial charge in [-0.15, -0.1) is 0 Å². The number of likely N-dealkylation sites (N-methyl/N-ethyl adjacent to an activating group) is 1. The summed E-state index contributed by atoms with van der Waals surface area (Å²) in [6.45, 7) is 1.83. The van der Waals surface area contributed by atoms with Crippen LogP contribution in [0, 0.1) is 0 Å².